The number of para-hydroxylation sites is 1. The van der Waals surface area contributed by atoms with Crippen molar-refractivity contribution in [1.29, 1.82) is 0 Å². The Morgan fingerprint density at radius 3 is 2.42 bits per heavy atom. The number of hydrogen-bond acceptors (Lipinski definition) is 6. The summed E-state index contributed by atoms with van der Waals surface area (Å²) >= 11 is 7.26. The van der Waals surface area contributed by atoms with Crippen LogP contribution < -0.4 is 19.8 Å². The Morgan fingerprint density at radius 1 is 1.00 bits per heavy atom. The largest absolute Gasteiger partial charge is 0.494 e. The summed E-state index contributed by atoms with van der Waals surface area (Å²) in [5.74, 6) is 2.00. The van der Waals surface area contributed by atoms with Crippen molar-refractivity contribution in [3.8, 4) is 28.6 Å². The lowest BCUT2D eigenvalue weighted by Gasteiger charge is -2.18. The molecule has 7 nitrogen and oxygen atoms in total. The molecular formula is C35H32Br2FN3O4. The molecule has 0 aliphatic rings. The molecule has 232 valence electrons. The fourth-order valence-corrected chi connectivity index (χ4v) is 5.85. The van der Waals surface area contributed by atoms with Gasteiger partial charge < -0.3 is 14.2 Å². The van der Waals surface area contributed by atoms with E-state index in [-0.39, 0.29) is 23.9 Å². The zero-order chi connectivity index (χ0) is 32.2. The zero-order valence-corrected chi connectivity index (χ0v) is 28.7. The van der Waals surface area contributed by atoms with Crippen LogP contribution in [0.4, 0.5) is 4.39 Å². The van der Waals surface area contributed by atoms with E-state index in [2.05, 4.69) is 50.8 Å². The second-order valence-corrected chi connectivity index (χ2v) is 12.2. The van der Waals surface area contributed by atoms with Crippen LogP contribution in [0.3, 0.4) is 0 Å². The first-order chi connectivity index (χ1) is 21.6. The summed E-state index contributed by atoms with van der Waals surface area (Å²) in [5.41, 5.74) is 4.41. The van der Waals surface area contributed by atoms with Gasteiger partial charge in [-0.05, 0) is 111 Å². The molecule has 0 aliphatic carbocycles. The number of fused-ring (bicyclic) bond motifs is 1. The summed E-state index contributed by atoms with van der Waals surface area (Å²) in [5, 5.41) is 5.14. The number of methoxy groups -OCH3 is 1. The van der Waals surface area contributed by atoms with Crippen molar-refractivity contribution in [3.63, 3.8) is 0 Å². The molecule has 0 unspecified atom stereocenters. The van der Waals surface area contributed by atoms with E-state index in [4.69, 9.17) is 19.2 Å². The summed E-state index contributed by atoms with van der Waals surface area (Å²) < 4.78 is 33.6. The van der Waals surface area contributed by atoms with Crippen LogP contribution in [0.25, 0.3) is 22.3 Å². The molecule has 0 saturated heterocycles. The van der Waals surface area contributed by atoms with Crippen LogP contribution in [-0.4, -0.2) is 29.6 Å². The van der Waals surface area contributed by atoms with Crippen molar-refractivity contribution in [2.75, 3.05) is 13.7 Å². The number of rotatable bonds is 10. The van der Waals surface area contributed by atoms with Crippen molar-refractivity contribution in [2.24, 2.45) is 5.10 Å². The predicted octanol–water partition coefficient (Wildman–Crippen LogP) is 9.03. The molecule has 4 aromatic carbocycles. The van der Waals surface area contributed by atoms with Crippen LogP contribution in [0, 0.1) is 12.7 Å². The molecule has 1 heterocycles. The normalized spacial score (nSPS) is 11.5. The molecule has 5 rings (SSSR count). The number of halogens is 3. The monoisotopic (exact) mass is 735 g/mol. The maximum atomic E-state index is 13.9. The average molecular weight is 737 g/mol. The topological polar surface area (TPSA) is 74.9 Å². The van der Waals surface area contributed by atoms with Gasteiger partial charge in [0.2, 0.25) is 0 Å². The molecule has 1 aromatic heterocycles. The van der Waals surface area contributed by atoms with Crippen molar-refractivity contribution in [3.05, 3.63) is 114 Å². The van der Waals surface area contributed by atoms with Gasteiger partial charge in [-0.15, -0.1) is 0 Å². The second kappa shape index (κ2) is 14.0. The van der Waals surface area contributed by atoms with Crippen molar-refractivity contribution in [1.82, 2.24) is 9.66 Å². The fraction of sp³-hybridized carbons (Fsp3) is 0.229. The third-order valence-corrected chi connectivity index (χ3v) is 9.40. The van der Waals surface area contributed by atoms with E-state index < -0.39 is 0 Å². The number of nitrogens with zero attached hydrogens (tertiary/aromatic N) is 3. The minimum absolute atomic E-state index is 0.180. The number of aromatic nitrogens is 2. The van der Waals surface area contributed by atoms with E-state index in [1.165, 1.54) is 23.9 Å². The van der Waals surface area contributed by atoms with E-state index in [0.29, 0.717) is 49.3 Å². The first-order valence-electron chi connectivity index (χ1n) is 14.4. The Labute approximate surface area is 277 Å². The minimum Gasteiger partial charge on any atom is -0.494 e. The first-order valence-corrected chi connectivity index (χ1v) is 16.0. The number of hydrogen-bond donors (Lipinski definition) is 0. The predicted molar refractivity (Wildman–Crippen MR) is 184 cm³/mol. The third-order valence-electron chi connectivity index (χ3n) is 7.26. The van der Waals surface area contributed by atoms with Crippen LogP contribution in [0.5, 0.6) is 17.2 Å². The quantitative estimate of drug-likeness (QED) is 0.134. The fourth-order valence-electron chi connectivity index (χ4n) is 4.92. The Kier molecular flexibility index (Phi) is 10.0. The molecule has 0 radical (unpaired) electrons. The Hall–Kier alpha value is -4.02. The number of ether oxygens (including phenoxy) is 3. The van der Waals surface area contributed by atoms with Gasteiger partial charge >= 0.3 is 0 Å². The van der Waals surface area contributed by atoms with Gasteiger partial charge in [-0.2, -0.15) is 9.78 Å². The summed E-state index contributed by atoms with van der Waals surface area (Å²) in [6, 6.07) is 19.1. The van der Waals surface area contributed by atoms with Gasteiger partial charge in [-0.1, -0.05) is 38.1 Å². The van der Waals surface area contributed by atoms with E-state index in [1.54, 1.807) is 36.5 Å². The van der Waals surface area contributed by atoms with Crippen LogP contribution in [0.1, 0.15) is 48.9 Å². The Morgan fingerprint density at radius 2 is 1.73 bits per heavy atom. The van der Waals surface area contributed by atoms with Crippen LogP contribution >= 0.6 is 31.9 Å². The van der Waals surface area contributed by atoms with E-state index in [9.17, 15) is 9.18 Å². The molecule has 0 atom stereocenters. The Bertz CT molecular complexity index is 1960. The van der Waals surface area contributed by atoms with Gasteiger partial charge in [0, 0.05) is 15.6 Å². The number of aryl methyl sites for hydroxylation is 1. The molecule has 0 bridgehead atoms. The lowest BCUT2D eigenvalue weighted by molar-refractivity contribution is 0.282. The SMILES string of the molecule is CCOc1cc(C)c(-c2nc3ccccc3c(=O)n2N=Cc2cc(OC)c(OCc3ccc(F)cc3)c(Br)c2Br)cc1C(C)C. The van der Waals surface area contributed by atoms with Crippen molar-refractivity contribution in [2.45, 2.75) is 40.2 Å². The van der Waals surface area contributed by atoms with E-state index >= 15 is 0 Å². The summed E-state index contributed by atoms with van der Waals surface area (Å²) in [6.45, 7) is 8.89. The van der Waals surface area contributed by atoms with Gasteiger partial charge in [0.05, 0.1) is 35.3 Å². The van der Waals surface area contributed by atoms with Gasteiger partial charge in [-0.25, -0.2) is 9.37 Å². The van der Waals surface area contributed by atoms with Crippen LogP contribution in [0.2, 0.25) is 0 Å². The minimum atomic E-state index is -0.314. The van der Waals surface area contributed by atoms with Gasteiger partial charge in [0.15, 0.2) is 17.3 Å². The molecule has 0 saturated carbocycles. The summed E-state index contributed by atoms with van der Waals surface area (Å²) in [4.78, 5) is 18.8. The summed E-state index contributed by atoms with van der Waals surface area (Å²) in [6.07, 6.45) is 1.58. The smallest absolute Gasteiger partial charge is 0.282 e. The maximum Gasteiger partial charge on any atom is 0.282 e. The summed E-state index contributed by atoms with van der Waals surface area (Å²) in [7, 11) is 1.54. The molecule has 0 spiro atoms. The van der Waals surface area contributed by atoms with Gasteiger partial charge in [-0.3, -0.25) is 4.79 Å². The zero-order valence-electron chi connectivity index (χ0n) is 25.5. The molecule has 0 aliphatic heterocycles. The first kappa shape index (κ1) is 32.4. The highest BCUT2D eigenvalue weighted by atomic mass is 79.9. The molecule has 0 fully saturated rings. The second-order valence-electron chi connectivity index (χ2n) is 10.6. The van der Waals surface area contributed by atoms with E-state index in [0.717, 1.165) is 28.0 Å². The molecular weight excluding hydrogens is 705 g/mol. The van der Waals surface area contributed by atoms with E-state index in [1.807, 2.05) is 38.1 Å². The van der Waals surface area contributed by atoms with Crippen LogP contribution in [-0.2, 0) is 6.61 Å². The van der Waals surface area contributed by atoms with Crippen molar-refractivity contribution < 1.29 is 18.6 Å². The molecule has 0 N–H and O–H groups in total. The molecule has 45 heavy (non-hydrogen) atoms. The lowest BCUT2D eigenvalue weighted by Crippen LogP contribution is -2.21. The average Bonchev–Trinajstić information content (AvgIpc) is 3.02. The van der Waals surface area contributed by atoms with Gasteiger partial charge in [0.25, 0.3) is 5.56 Å². The van der Waals surface area contributed by atoms with Crippen LogP contribution in [0.15, 0.2) is 85.6 Å². The Balaban J connectivity index is 1.62. The highest BCUT2D eigenvalue weighted by Gasteiger charge is 2.20. The molecule has 5 aromatic rings. The lowest BCUT2D eigenvalue weighted by atomic mass is 9.96. The molecule has 0 amide bonds. The van der Waals surface area contributed by atoms with Crippen molar-refractivity contribution >= 4 is 49.0 Å². The maximum absolute atomic E-state index is 13.9. The van der Waals surface area contributed by atoms with Gasteiger partial charge in [0.1, 0.15) is 18.2 Å². The highest BCUT2D eigenvalue weighted by molar-refractivity contribution is 9.13. The third kappa shape index (κ3) is 6.82. The number of benzene rings is 4. The highest BCUT2D eigenvalue weighted by Crippen LogP contribution is 2.43. The standard InChI is InChI=1S/C35H32Br2FN3O4/c1-6-44-29-15-21(4)27(17-26(29)20(2)3)34-40-28-10-8-7-9-25(28)35(42)41(34)39-18-23-16-30(43-5)33(32(37)31(23)36)45-19-22-11-13-24(38)14-12-22/h7-18,20H,6,19H2,1-5H3. The molecule has 10 heteroatoms.